The number of nitrogens with zero attached hydrogens (tertiary/aromatic N) is 3. The third-order valence-electron chi connectivity index (χ3n) is 8.31. The molecule has 0 unspecified atom stereocenters. The smallest absolute Gasteiger partial charge is 0.266 e. The van der Waals surface area contributed by atoms with Crippen LogP contribution >= 0.6 is 0 Å². The van der Waals surface area contributed by atoms with Crippen LogP contribution in [0.1, 0.15) is 30.8 Å². The molecule has 1 spiro atoms. The molecule has 0 radical (unpaired) electrons. The number of nitrogens with one attached hydrogen (secondary N) is 1. The molecule has 4 aromatic rings. The van der Waals surface area contributed by atoms with Gasteiger partial charge in [0.15, 0.2) is 0 Å². The number of para-hydroxylation sites is 2. The van der Waals surface area contributed by atoms with Gasteiger partial charge < -0.3 is 0 Å². The van der Waals surface area contributed by atoms with E-state index in [0.29, 0.717) is 28.1 Å². The van der Waals surface area contributed by atoms with Crippen molar-refractivity contribution in [1.82, 2.24) is 14.9 Å². The minimum Gasteiger partial charge on any atom is -0.296 e. The van der Waals surface area contributed by atoms with Crippen LogP contribution < -0.4 is 15.8 Å². The lowest BCUT2D eigenvalue weighted by atomic mass is 9.75. The average molecular weight is 491 g/mol. The van der Waals surface area contributed by atoms with Gasteiger partial charge in [0.2, 0.25) is 11.8 Å². The van der Waals surface area contributed by atoms with Crippen molar-refractivity contribution in [2.24, 2.45) is 17.8 Å². The van der Waals surface area contributed by atoms with Crippen LogP contribution in [0.4, 0.5) is 5.69 Å². The quantitative estimate of drug-likeness (QED) is 0.434. The van der Waals surface area contributed by atoms with Crippen LogP contribution in [0.15, 0.2) is 77.6 Å². The van der Waals surface area contributed by atoms with Crippen LogP contribution in [-0.2, 0) is 15.1 Å². The fourth-order valence-electron chi connectivity index (χ4n) is 6.67. The van der Waals surface area contributed by atoms with Crippen LogP contribution in [-0.4, -0.2) is 27.4 Å². The first kappa shape index (κ1) is 22.1. The summed E-state index contributed by atoms with van der Waals surface area (Å²) in [5.74, 6) is -1.26. The largest absolute Gasteiger partial charge is 0.296 e. The van der Waals surface area contributed by atoms with E-state index in [1.807, 2.05) is 73.7 Å². The predicted molar refractivity (Wildman–Crippen MR) is 141 cm³/mol. The van der Waals surface area contributed by atoms with Crippen molar-refractivity contribution < 1.29 is 9.59 Å². The van der Waals surface area contributed by atoms with E-state index < -0.39 is 17.4 Å². The van der Waals surface area contributed by atoms with E-state index in [9.17, 15) is 14.4 Å². The van der Waals surface area contributed by atoms with E-state index in [0.717, 1.165) is 11.1 Å². The lowest BCUT2D eigenvalue weighted by Gasteiger charge is -2.32. The molecule has 0 aliphatic carbocycles. The molecule has 7 heteroatoms. The minimum atomic E-state index is -1.11. The molecule has 4 atom stereocenters. The molecular formula is C30H26N4O3. The molecule has 7 rings (SSSR count). The molecule has 0 bridgehead atoms. The molecule has 37 heavy (non-hydrogen) atoms. The number of hydrogen-bond donors (Lipinski definition) is 1. The highest BCUT2D eigenvalue weighted by molar-refractivity contribution is 6.23. The average Bonchev–Trinajstić information content (AvgIpc) is 3.49. The van der Waals surface area contributed by atoms with Gasteiger partial charge in [-0.05, 0) is 43.2 Å². The second-order valence-corrected chi connectivity index (χ2v) is 10.7. The summed E-state index contributed by atoms with van der Waals surface area (Å²) in [7, 11) is 0. The zero-order valence-electron chi connectivity index (χ0n) is 20.8. The molecule has 0 saturated carbocycles. The van der Waals surface area contributed by atoms with Gasteiger partial charge in [0.05, 0.1) is 34.1 Å². The molecule has 3 aliphatic rings. The summed E-state index contributed by atoms with van der Waals surface area (Å²) in [5, 5.41) is 4.24. The van der Waals surface area contributed by atoms with Gasteiger partial charge in [0, 0.05) is 11.6 Å². The molecule has 3 aromatic carbocycles. The van der Waals surface area contributed by atoms with E-state index in [4.69, 9.17) is 4.98 Å². The molecule has 4 heterocycles. The Balaban J connectivity index is 1.53. The summed E-state index contributed by atoms with van der Waals surface area (Å²) in [5.41, 5.74) is 2.42. The first-order valence-electron chi connectivity index (χ1n) is 12.7. The number of rotatable bonds is 2. The summed E-state index contributed by atoms with van der Waals surface area (Å²) < 4.78 is 1.64. The van der Waals surface area contributed by atoms with Crippen LogP contribution in [0.25, 0.3) is 16.6 Å². The summed E-state index contributed by atoms with van der Waals surface area (Å²) in [6.45, 7) is 6.09. The molecule has 1 N–H and O–H groups in total. The van der Waals surface area contributed by atoms with E-state index in [1.54, 1.807) is 10.6 Å². The first-order chi connectivity index (χ1) is 17.8. The van der Waals surface area contributed by atoms with Crippen molar-refractivity contribution in [3.05, 3.63) is 100 Å². The standard InChI is InChI=1S/C30H26N4O3/c1-16(2)25-23-24(28(37)33(27(23)36)18-14-12-17(3)13-15-18)30(32-25)20-9-5-7-11-22(20)34-26(35)19-8-4-6-10-21(19)31-29(30)34/h4-16,23-25,32H,1-3H3/t23-,24-,25-,30+/m1/s1. The fraction of sp³-hybridized carbons (Fsp3) is 0.267. The Hall–Kier alpha value is -4.10. The highest BCUT2D eigenvalue weighted by Crippen LogP contribution is 2.56. The number of aromatic nitrogens is 2. The van der Waals surface area contributed by atoms with E-state index in [-0.39, 0.29) is 29.3 Å². The molecule has 2 saturated heterocycles. The fourth-order valence-corrected chi connectivity index (χ4v) is 6.67. The topological polar surface area (TPSA) is 84.3 Å². The maximum atomic E-state index is 14.3. The van der Waals surface area contributed by atoms with Crippen LogP contribution in [0.5, 0.6) is 0 Å². The molecular weight excluding hydrogens is 464 g/mol. The normalized spacial score (nSPS) is 25.8. The second-order valence-electron chi connectivity index (χ2n) is 10.7. The highest BCUT2D eigenvalue weighted by Gasteiger charge is 2.70. The van der Waals surface area contributed by atoms with Crippen molar-refractivity contribution in [3.8, 4) is 5.69 Å². The zero-order chi connectivity index (χ0) is 25.6. The van der Waals surface area contributed by atoms with Gasteiger partial charge in [-0.25, -0.2) is 9.88 Å². The van der Waals surface area contributed by atoms with Gasteiger partial charge in [-0.1, -0.05) is 61.9 Å². The van der Waals surface area contributed by atoms with Gasteiger partial charge in [0.1, 0.15) is 11.4 Å². The van der Waals surface area contributed by atoms with Crippen LogP contribution in [0, 0.1) is 24.7 Å². The van der Waals surface area contributed by atoms with Crippen molar-refractivity contribution in [2.75, 3.05) is 4.90 Å². The number of carbonyl (C=O) groups excluding carboxylic acids is 2. The molecule has 184 valence electrons. The molecule has 1 aromatic heterocycles. The number of hydrogen-bond acceptors (Lipinski definition) is 5. The third-order valence-corrected chi connectivity index (χ3v) is 8.31. The van der Waals surface area contributed by atoms with E-state index >= 15 is 0 Å². The van der Waals surface area contributed by atoms with Gasteiger partial charge in [-0.3, -0.25) is 24.3 Å². The number of fused-ring (bicyclic) bond motifs is 8. The number of amides is 2. The van der Waals surface area contributed by atoms with Gasteiger partial charge in [-0.2, -0.15) is 0 Å². The Kier molecular flexibility index (Phi) is 4.46. The van der Waals surface area contributed by atoms with Gasteiger partial charge in [-0.15, -0.1) is 0 Å². The number of carbonyl (C=O) groups is 2. The number of benzene rings is 3. The van der Waals surface area contributed by atoms with E-state index in [1.165, 1.54) is 4.90 Å². The van der Waals surface area contributed by atoms with Crippen molar-refractivity contribution in [1.29, 1.82) is 0 Å². The lowest BCUT2D eigenvalue weighted by Crippen LogP contribution is -2.51. The van der Waals surface area contributed by atoms with Gasteiger partial charge in [0.25, 0.3) is 5.56 Å². The minimum absolute atomic E-state index is 0.0648. The van der Waals surface area contributed by atoms with Crippen LogP contribution in [0.2, 0.25) is 0 Å². The van der Waals surface area contributed by atoms with Gasteiger partial charge >= 0.3 is 0 Å². The monoisotopic (exact) mass is 490 g/mol. The van der Waals surface area contributed by atoms with Crippen molar-refractivity contribution >= 4 is 28.4 Å². The zero-order valence-corrected chi connectivity index (χ0v) is 20.8. The molecule has 3 aliphatic heterocycles. The SMILES string of the molecule is Cc1ccc(N2C(=O)[C@H]3[C@@H](C(C)C)N[C@@]4(c5ccccc5-n5c4nc4ccccc4c5=O)[C@H]3C2=O)cc1. The Bertz CT molecular complexity index is 1690. The lowest BCUT2D eigenvalue weighted by molar-refractivity contribution is -0.123. The van der Waals surface area contributed by atoms with Crippen molar-refractivity contribution in [2.45, 2.75) is 32.4 Å². The summed E-state index contributed by atoms with van der Waals surface area (Å²) in [6.07, 6.45) is 0. The van der Waals surface area contributed by atoms with Crippen LogP contribution in [0.3, 0.4) is 0 Å². The summed E-state index contributed by atoms with van der Waals surface area (Å²) in [6, 6.07) is 22.1. The highest BCUT2D eigenvalue weighted by atomic mass is 16.2. The summed E-state index contributed by atoms with van der Waals surface area (Å²) in [4.78, 5) is 48.5. The Morgan fingerprint density at radius 2 is 1.59 bits per heavy atom. The van der Waals surface area contributed by atoms with Crippen molar-refractivity contribution in [3.63, 3.8) is 0 Å². The van der Waals surface area contributed by atoms with E-state index in [2.05, 4.69) is 19.2 Å². The molecule has 2 fully saturated rings. The maximum Gasteiger partial charge on any atom is 0.266 e. The number of aryl methyl sites for hydroxylation is 1. The number of anilines is 1. The first-order valence-corrected chi connectivity index (χ1v) is 12.7. The molecule has 7 nitrogen and oxygen atoms in total. The maximum absolute atomic E-state index is 14.3. The second kappa shape index (κ2) is 7.46. The Morgan fingerprint density at radius 1 is 0.892 bits per heavy atom. The third kappa shape index (κ3) is 2.69. The molecule has 2 amide bonds. The predicted octanol–water partition coefficient (Wildman–Crippen LogP) is 3.68. The number of imide groups is 1. The Labute approximate surface area is 213 Å². The summed E-state index contributed by atoms with van der Waals surface area (Å²) >= 11 is 0. The Morgan fingerprint density at radius 3 is 2.35 bits per heavy atom.